The van der Waals surface area contributed by atoms with Crippen molar-refractivity contribution in [2.75, 3.05) is 13.7 Å². The molecule has 144 valence electrons. The van der Waals surface area contributed by atoms with Crippen LogP contribution >= 0.6 is 0 Å². The fourth-order valence-corrected chi connectivity index (χ4v) is 3.51. The molecule has 0 radical (unpaired) electrons. The number of cyclic esters (lactones) is 1. The fraction of sp³-hybridized carbons (Fsp3) is 0.318. The summed E-state index contributed by atoms with van der Waals surface area (Å²) in [5, 5.41) is 1.16. The number of hydrogen-bond donors (Lipinski definition) is 1. The zero-order valence-electron chi connectivity index (χ0n) is 16.5. The van der Waals surface area contributed by atoms with E-state index in [0.29, 0.717) is 18.0 Å². The Morgan fingerprint density at radius 1 is 1.21 bits per heavy atom. The van der Waals surface area contributed by atoms with Gasteiger partial charge in [0.25, 0.3) is 0 Å². The summed E-state index contributed by atoms with van der Waals surface area (Å²) in [6, 6.07) is 11.8. The number of aromatic amines is 1. The minimum Gasteiger partial charge on any atom is -0.497 e. The van der Waals surface area contributed by atoms with E-state index in [4.69, 9.17) is 9.47 Å². The largest absolute Gasteiger partial charge is 0.497 e. The maximum Gasteiger partial charge on any atom is 0.334 e. The minimum absolute atomic E-state index is 0.0513. The van der Waals surface area contributed by atoms with Crippen molar-refractivity contribution in [3.05, 3.63) is 59.0 Å². The van der Waals surface area contributed by atoms with Crippen molar-refractivity contribution >= 4 is 22.8 Å². The van der Waals surface area contributed by atoms with E-state index in [1.54, 1.807) is 7.11 Å². The Morgan fingerprint density at radius 3 is 2.71 bits per heavy atom. The number of carbonyl (C=O) groups excluding carboxylic acids is 1. The van der Waals surface area contributed by atoms with E-state index in [-0.39, 0.29) is 17.9 Å². The molecule has 0 fully saturated rings. The summed E-state index contributed by atoms with van der Waals surface area (Å²) in [5.74, 6) is 0.774. The highest BCUT2D eigenvalue weighted by molar-refractivity contribution is 6.03. The molecule has 6 heteroatoms. The molecule has 1 aliphatic rings. The number of aliphatic imine (C=N–C) groups is 1. The van der Waals surface area contributed by atoms with Crippen LogP contribution in [-0.4, -0.2) is 35.5 Å². The van der Waals surface area contributed by atoms with E-state index in [1.165, 1.54) is 11.3 Å². The van der Waals surface area contributed by atoms with Crippen molar-refractivity contribution in [3.63, 3.8) is 0 Å². The monoisotopic (exact) mass is 377 g/mol. The lowest BCUT2D eigenvalue weighted by Crippen LogP contribution is -2.15. The van der Waals surface area contributed by atoms with Crippen molar-refractivity contribution in [1.82, 2.24) is 9.97 Å². The average Bonchev–Trinajstić information content (AvgIpc) is 3.25. The number of benzene rings is 1. The number of nitrogens with one attached hydrogen (secondary N) is 1. The Kier molecular flexibility index (Phi) is 4.41. The molecule has 0 spiro atoms. The lowest BCUT2D eigenvalue weighted by Gasteiger charge is -2.19. The van der Waals surface area contributed by atoms with Gasteiger partial charge >= 0.3 is 5.97 Å². The predicted molar refractivity (Wildman–Crippen MR) is 108 cm³/mol. The number of rotatable bonds is 4. The van der Waals surface area contributed by atoms with Gasteiger partial charge in [-0.25, -0.2) is 14.8 Å². The number of hydrogen-bond acceptors (Lipinski definition) is 5. The lowest BCUT2D eigenvalue weighted by atomic mass is 9.87. The smallest absolute Gasteiger partial charge is 0.334 e. The van der Waals surface area contributed by atoms with E-state index >= 15 is 0 Å². The Bertz CT molecular complexity index is 1090. The van der Waals surface area contributed by atoms with Crippen molar-refractivity contribution in [2.45, 2.75) is 32.6 Å². The molecule has 0 amide bonds. The second-order valence-electron chi connectivity index (χ2n) is 7.93. The second-order valence-corrected chi connectivity index (χ2v) is 7.93. The molecular formula is C22H23N3O3. The topological polar surface area (TPSA) is 76.6 Å². The molecule has 0 atom stereocenters. The van der Waals surface area contributed by atoms with Gasteiger partial charge < -0.3 is 14.5 Å². The molecule has 2 aromatic heterocycles. The van der Waals surface area contributed by atoms with Gasteiger partial charge in [-0.05, 0) is 29.8 Å². The van der Waals surface area contributed by atoms with Gasteiger partial charge in [-0.3, -0.25) is 0 Å². The fourth-order valence-electron chi connectivity index (χ4n) is 3.51. The first-order valence-electron chi connectivity index (χ1n) is 9.25. The van der Waals surface area contributed by atoms with E-state index in [9.17, 15) is 4.79 Å². The second kappa shape index (κ2) is 6.78. The third-order valence-electron chi connectivity index (χ3n) is 4.81. The van der Waals surface area contributed by atoms with Crippen LogP contribution in [0.2, 0.25) is 0 Å². The molecule has 1 aliphatic heterocycles. The number of fused-ring (bicyclic) bond motifs is 1. The summed E-state index contributed by atoms with van der Waals surface area (Å²) in [6.45, 7) is 6.62. The maximum atomic E-state index is 11.3. The Morgan fingerprint density at radius 2 is 2.04 bits per heavy atom. The molecular weight excluding hydrogens is 354 g/mol. The van der Waals surface area contributed by atoms with Gasteiger partial charge in [0.15, 0.2) is 0 Å². The van der Waals surface area contributed by atoms with Crippen molar-refractivity contribution < 1.29 is 14.3 Å². The van der Waals surface area contributed by atoms with E-state index < -0.39 is 0 Å². The number of nitrogens with zero attached hydrogens (tertiary/aromatic N) is 2. The van der Waals surface area contributed by atoms with Crippen molar-refractivity contribution in [3.8, 4) is 5.75 Å². The highest BCUT2D eigenvalue weighted by Gasteiger charge is 2.24. The quantitative estimate of drug-likeness (QED) is 0.702. The third kappa shape index (κ3) is 3.38. The Labute approximate surface area is 163 Å². The number of pyridine rings is 1. The standard InChI is InChI=1S/C22H23N3O3/c1-22(2,3)20-16(15-9-8-14(27-4)11-18(15)25-20)10-13-6-5-7-17(24-13)21-23-12-19(26)28-21/h5-9,11,25H,10,12H2,1-4H3. The summed E-state index contributed by atoms with van der Waals surface area (Å²) in [7, 11) is 1.67. The Balaban J connectivity index is 1.76. The van der Waals surface area contributed by atoms with Crippen LogP contribution in [0, 0.1) is 0 Å². The normalized spacial score (nSPS) is 14.3. The van der Waals surface area contributed by atoms with Crippen LogP contribution in [0.25, 0.3) is 10.9 Å². The SMILES string of the molecule is COc1ccc2c(Cc3cccc(C4=NCC(=O)O4)n3)c(C(C)(C)C)[nH]c2c1. The molecule has 3 heterocycles. The zero-order valence-corrected chi connectivity index (χ0v) is 16.5. The summed E-state index contributed by atoms with van der Waals surface area (Å²) in [4.78, 5) is 23.7. The van der Waals surface area contributed by atoms with Crippen molar-refractivity contribution in [2.24, 2.45) is 4.99 Å². The van der Waals surface area contributed by atoms with Crippen LogP contribution < -0.4 is 4.74 Å². The summed E-state index contributed by atoms with van der Waals surface area (Å²) >= 11 is 0. The lowest BCUT2D eigenvalue weighted by molar-refractivity contribution is -0.132. The molecule has 1 aromatic carbocycles. The zero-order chi connectivity index (χ0) is 19.9. The molecule has 6 nitrogen and oxygen atoms in total. The molecule has 0 bridgehead atoms. The van der Waals surface area contributed by atoms with E-state index in [2.05, 4.69) is 41.8 Å². The van der Waals surface area contributed by atoms with Crippen LogP contribution in [0.5, 0.6) is 5.75 Å². The minimum atomic E-state index is -0.345. The summed E-state index contributed by atoms with van der Waals surface area (Å²) in [6.07, 6.45) is 0.661. The number of methoxy groups -OCH3 is 1. The molecule has 0 unspecified atom stereocenters. The molecule has 0 saturated heterocycles. The number of aromatic nitrogens is 2. The van der Waals surface area contributed by atoms with Gasteiger partial charge in [-0.15, -0.1) is 0 Å². The molecule has 3 aromatic rings. The summed E-state index contributed by atoms with van der Waals surface area (Å²) < 4.78 is 10.5. The van der Waals surface area contributed by atoms with Gasteiger partial charge in [-0.2, -0.15) is 0 Å². The number of ether oxygens (including phenoxy) is 2. The molecule has 4 rings (SSSR count). The van der Waals surface area contributed by atoms with Gasteiger partial charge in [0.1, 0.15) is 18.0 Å². The van der Waals surface area contributed by atoms with E-state index in [0.717, 1.165) is 22.3 Å². The maximum absolute atomic E-state index is 11.3. The summed E-state index contributed by atoms with van der Waals surface area (Å²) in [5.41, 5.74) is 4.86. The van der Waals surface area contributed by atoms with Crippen LogP contribution in [-0.2, 0) is 21.4 Å². The molecule has 0 saturated carbocycles. The highest BCUT2D eigenvalue weighted by atomic mass is 16.6. The van der Waals surface area contributed by atoms with Crippen LogP contribution in [0.4, 0.5) is 0 Å². The average molecular weight is 377 g/mol. The molecule has 0 aliphatic carbocycles. The first kappa shape index (κ1) is 18.2. The number of carbonyl (C=O) groups is 1. The number of esters is 1. The Hall–Kier alpha value is -3.15. The molecule has 28 heavy (non-hydrogen) atoms. The van der Waals surface area contributed by atoms with Crippen LogP contribution in [0.15, 0.2) is 41.4 Å². The van der Waals surface area contributed by atoms with Gasteiger partial charge in [-0.1, -0.05) is 26.8 Å². The van der Waals surface area contributed by atoms with Crippen LogP contribution in [0.3, 0.4) is 0 Å². The van der Waals surface area contributed by atoms with Crippen molar-refractivity contribution in [1.29, 1.82) is 0 Å². The van der Waals surface area contributed by atoms with Gasteiger partial charge in [0.2, 0.25) is 5.90 Å². The first-order chi connectivity index (χ1) is 13.3. The molecule has 1 N–H and O–H groups in total. The van der Waals surface area contributed by atoms with Crippen LogP contribution in [0.1, 0.15) is 43.4 Å². The highest BCUT2D eigenvalue weighted by Crippen LogP contribution is 2.34. The van der Waals surface area contributed by atoms with Gasteiger partial charge in [0, 0.05) is 40.2 Å². The van der Waals surface area contributed by atoms with E-state index in [1.807, 2.05) is 30.3 Å². The third-order valence-corrected chi connectivity index (χ3v) is 4.81. The van der Waals surface area contributed by atoms with Gasteiger partial charge in [0.05, 0.1) is 7.11 Å². The predicted octanol–water partition coefficient (Wildman–Crippen LogP) is 3.76. The number of H-pyrrole nitrogens is 1. The first-order valence-corrected chi connectivity index (χ1v) is 9.25.